The highest BCUT2D eigenvalue weighted by atomic mass is 35.5. The SMILES string of the molecule is Cc1ccnc2c1C(=O)CC(c1cc(Cl)sc1Cl)C2. The molecule has 0 aliphatic heterocycles. The first kappa shape index (κ1) is 13.1. The van der Waals surface area contributed by atoms with Crippen molar-refractivity contribution in [2.24, 2.45) is 0 Å². The Morgan fingerprint density at radius 3 is 2.84 bits per heavy atom. The minimum atomic E-state index is 0.0885. The Morgan fingerprint density at radius 2 is 2.16 bits per heavy atom. The lowest BCUT2D eigenvalue weighted by atomic mass is 9.81. The number of hydrogen-bond donors (Lipinski definition) is 0. The molecule has 5 heteroatoms. The molecular formula is C14H11Cl2NOS. The van der Waals surface area contributed by atoms with Crippen LogP contribution in [0.15, 0.2) is 18.3 Å². The molecule has 1 atom stereocenters. The fourth-order valence-corrected chi connectivity index (χ4v) is 4.26. The van der Waals surface area contributed by atoms with Gasteiger partial charge in [0, 0.05) is 18.2 Å². The van der Waals surface area contributed by atoms with Gasteiger partial charge in [0.05, 0.1) is 14.4 Å². The Bertz CT molecular complexity index is 665. The number of thiophene rings is 1. The van der Waals surface area contributed by atoms with E-state index in [1.54, 1.807) is 6.20 Å². The first-order valence-electron chi connectivity index (χ1n) is 5.98. The van der Waals surface area contributed by atoms with Gasteiger partial charge in [-0.3, -0.25) is 9.78 Å². The van der Waals surface area contributed by atoms with Crippen LogP contribution < -0.4 is 0 Å². The highest BCUT2D eigenvalue weighted by molar-refractivity contribution is 7.20. The number of halogens is 2. The van der Waals surface area contributed by atoms with Gasteiger partial charge in [0.2, 0.25) is 0 Å². The Labute approximate surface area is 125 Å². The number of hydrogen-bond acceptors (Lipinski definition) is 3. The second-order valence-electron chi connectivity index (χ2n) is 4.76. The van der Waals surface area contributed by atoms with Crippen molar-refractivity contribution in [1.82, 2.24) is 4.98 Å². The quantitative estimate of drug-likeness (QED) is 0.766. The van der Waals surface area contributed by atoms with Crippen LogP contribution in [0.3, 0.4) is 0 Å². The highest BCUT2D eigenvalue weighted by Gasteiger charge is 2.30. The lowest BCUT2D eigenvalue weighted by Gasteiger charge is -2.23. The van der Waals surface area contributed by atoms with E-state index in [1.807, 2.05) is 19.1 Å². The van der Waals surface area contributed by atoms with Gasteiger partial charge in [0.1, 0.15) is 0 Å². The molecule has 1 unspecified atom stereocenters. The topological polar surface area (TPSA) is 30.0 Å². The second-order valence-corrected chi connectivity index (χ2v) is 7.04. The molecule has 0 aromatic carbocycles. The predicted octanol–water partition coefficient (Wildman–Crippen LogP) is 4.67. The largest absolute Gasteiger partial charge is 0.294 e. The summed E-state index contributed by atoms with van der Waals surface area (Å²) in [6.45, 7) is 1.95. The van der Waals surface area contributed by atoms with Crippen LogP contribution in [-0.2, 0) is 6.42 Å². The number of carbonyl (C=O) groups is 1. The zero-order valence-electron chi connectivity index (χ0n) is 10.2. The first-order valence-corrected chi connectivity index (χ1v) is 7.56. The summed E-state index contributed by atoms with van der Waals surface area (Å²) in [6, 6.07) is 3.75. The number of Topliss-reactive ketones (excluding diaryl/α,β-unsaturated/α-hetero) is 1. The molecule has 1 aliphatic rings. The van der Waals surface area contributed by atoms with Crippen LogP contribution in [0, 0.1) is 6.92 Å². The summed E-state index contributed by atoms with van der Waals surface area (Å²) in [5.41, 5.74) is 3.64. The first-order chi connectivity index (χ1) is 9.06. The van der Waals surface area contributed by atoms with E-state index in [-0.39, 0.29) is 11.7 Å². The molecule has 0 spiro atoms. The lowest BCUT2D eigenvalue weighted by Crippen LogP contribution is -2.21. The number of pyridine rings is 1. The molecule has 0 fully saturated rings. The van der Waals surface area contributed by atoms with E-state index in [2.05, 4.69) is 4.98 Å². The van der Waals surface area contributed by atoms with E-state index in [9.17, 15) is 4.79 Å². The van der Waals surface area contributed by atoms with Crippen molar-refractivity contribution < 1.29 is 4.79 Å². The molecule has 2 nitrogen and oxygen atoms in total. The number of aromatic nitrogens is 1. The minimum Gasteiger partial charge on any atom is -0.294 e. The smallest absolute Gasteiger partial charge is 0.165 e. The van der Waals surface area contributed by atoms with Crippen molar-refractivity contribution in [2.45, 2.75) is 25.7 Å². The summed E-state index contributed by atoms with van der Waals surface area (Å²) in [5.74, 6) is 0.237. The average molecular weight is 312 g/mol. The molecule has 2 aromatic heterocycles. The molecule has 0 bridgehead atoms. The van der Waals surface area contributed by atoms with Crippen LogP contribution in [0.5, 0.6) is 0 Å². The van der Waals surface area contributed by atoms with E-state index >= 15 is 0 Å². The van der Waals surface area contributed by atoms with Gasteiger partial charge < -0.3 is 0 Å². The van der Waals surface area contributed by atoms with E-state index in [1.165, 1.54) is 11.3 Å². The Hall–Kier alpha value is -0.900. The summed E-state index contributed by atoms with van der Waals surface area (Å²) >= 11 is 13.5. The summed E-state index contributed by atoms with van der Waals surface area (Å²) < 4.78 is 1.34. The summed E-state index contributed by atoms with van der Waals surface area (Å²) in [6.07, 6.45) is 2.98. The summed E-state index contributed by atoms with van der Waals surface area (Å²) in [4.78, 5) is 16.6. The lowest BCUT2D eigenvalue weighted by molar-refractivity contribution is 0.0962. The van der Waals surface area contributed by atoms with Crippen LogP contribution >= 0.6 is 34.5 Å². The average Bonchev–Trinajstić information content (AvgIpc) is 2.68. The Kier molecular flexibility index (Phi) is 3.37. The van der Waals surface area contributed by atoms with Crippen molar-refractivity contribution in [2.75, 3.05) is 0 Å². The van der Waals surface area contributed by atoms with Gasteiger partial charge in [-0.05, 0) is 42.5 Å². The van der Waals surface area contributed by atoms with Crippen LogP contribution in [-0.4, -0.2) is 10.8 Å². The third-order valence-corrected chi connectivity index (χ3v) is 5.03. The van der Waals surface area contributed by atoms with Gasteiger partial charge in [-0.1, -0.05) is 23.2 Å². The number of nitrogens with zero attached hydrogens (tertiary/aromatic N) is 1. The van der Waals surface area contributed by atoms with Crippen molar-refractivity contribution >= 4 is 40.3 Å². The van der Waals surface area contributed by atoms with Crippen molar-refractivity contribution in [3.05, 3.63) is 49.4 Å². The fraction of sp³-hybridized carbons (Fsp3) is 0.286. The standard InChI is InChI=1S/C14H11Cl2NOS/c1-7-2-3-17-10-4-8(5-11(18)13(7)10)9-6-12(15)19-14(9)16/h2-3,6,8H,4-5H2,1H3. The molecule has 0 saturated carbocycles. The summed E-state index contributed by atoms with van der Waals surface area (Å²) in [5, 5.41) is 0. The molecule has 98 valence electrons. The van der Waals surface area contributed by atoms with Crippen molar-refractivity contribution in [3.8, 4) is 0 Å². The van der Waals surface area contributed by atoms with Gasteiger partial charge in [0.15, 0.2) is 5.78 Å². The second kappa shape index (κ2) is 4.89. The van der Waals surface area contributed by atoms with E-state index in [4.69, 9.17) is 23.2 Å². The van der Waals surface area contributed by atoms with Gasteiger partial charge >= 0.3 is 0 Å². The molecule has 3 rings (SSSR count). The number of aryl methyl sites for hydroxylation is 1. The van der Waals surface area contributed by atoms with E-state index in [0.29, 0.717) is 15.1 Å². The zero-order chi connectivity index (χ0) is 13.6. The molecule has 2 aromatic rings. The van der Waals surface area contributed by atoms with Gasteiger partial charge in [-0.25, -0.2) is 0 Å². The maximum absolute atomic E-state index is 12.3. The molecular weight excluding hydrogens is 301 g/mol. The maximum Gasteiger partial charge on any atom is 0.165 e. The van der Waals surface area contributed by atoms with E-state index < -0.39 is 0 Å². The van der Waals surface area contributed by atoms with Crippen LogP contribution in [0.4, 0.5) is 0 Å². The van der Waals surface area contributed by atoms with E-state index in [0.717, 1.165) is 28.8 Å². The third-order valence-electron chi connectivity index (χ3n) is 3.51. The molecule has 1 aliphatic carbocycles. The Balaban J connectivity index is 2.02. The fourth-order valence-electron chi connectivity index (χ4n) is 2.63. The molecule has 0 saturated heterocycles. The molecule has 19 heavy (non-hydrogen) atoms. The Morgan fingerprint density at radius 1 is 1.37 bits per heavy atom. The van der Waals surface area contributed by atoms with Gasteiger partial charge in [-0.15, -0.1) is 11.3 Å². The minimum absolute atomic E-state index is 0.0885. The molecule has 0 amide bonds. The molecule has 0 N–H and O–H groups in total. The normalized spacial score (nSPS) is 18.5. The van der Waals surface area contributed by atoms with Crippen molar-refractivity contribution in [1.29, 1.82) is 0 Å². The number of fused-ring (bicyclic) bond motifs is 1. The molecule has 0 radical (unpaired) electrons. The third kappa shape index (κ3) is 2.31. The monoisotopic (exact) mass is 311 g/mol. The predicted molar refractivity (Wildman–Crippen MR) is 78.7 cm³/mol. The zero-order valence-corrected chi connectivity index (χ0v) is 12.6. The highest BCUT2D eigenvalue weighted by Crippen LogP contribution is 2.41. The number of carbonyl (C=O) groups excluding carboxylic acids is 1. The number of rotatable bonds is 1. The van der Waals surface area contributed by atoms with Crippen LogP contribution in [0.25, 0.3) is 0 Å². The van der Waals surface area contributed by atoms with Gasteiger partial charge in [0.25, 0.3) is 0 Å². The maximum atomic E-state index is 12.3. The van der Waals surface area contributed by atoms with Crippen LogP contribution in [0.1, 0.15) is 39.5 Å². The van der Waals surface area contributed by atoms with Gasteiger partial charge in [-0.2, -0.15) is 0 Å². The van der Waals surface area contributed by atoms with Crippen LogP contribution in [0.2, 0.25) is 8.67 Å². The summed E-state index contributed by atoms with van der Waals surface area (Å²) in [7, 11) is 0. The van der Waals surface area contributed by atoms with Crippen molar-refractivity contribution in [3.63, 3.8) is 0 Å². The molecule has 2 heterocycles. The number of ketones is 1.